The van der Waals surface area contributed by atoms with Crippen LogP contribution in [0.5, 0.6) is 11.5 Å². The van der Waals surface area contributed by atoms with Crippen molar-refractivity contribution < 1.29 is 10.2 Å². The number of hydrogen-bond acceptors (Lipinski definition) is 2. The highest BCUT2D eigenvalue weighted by Crippen LogP contribution is 2.34. The van der Waals surface area contributed by atoms with E-state index in [9.17, 15) is 0 Å². The molecule has 1 aromatic carbocycles. The van der Waals surface area contributed by atoms with Crippen molar-refractivity contribution in [1.82, 2.24) is 0 Å². The average Bonchev–Trinajstić information content (AvgIpc) is 1.93. The molecular formula is C7H7ClO2. The molecule has 0 amide bonds. The summed E-state index contributed by atoms with van der Waals surface area (Å²) in [6.45, 7) is 1.69. The zero-order valence-corrected chi connectivity index (χ0v) is 6.18. The van der Waals surface area contributed by atoms with E-state index < -0.39 is 0 Å². The van der Waals surface area contributed by atoms with E-state index >= 15 is 0 Å². The van der Waals surface area contributed by atoms with Crippen LogP contribution in [0, 0.1) is 6.92 Å². The number of benzene rings is 1. The molecule has 54 valence electrons. The maximum atomic E-state index is 9.05. The maximum absolute atomic E-state index is 9.05. The number of phenols is 2. The third kappa shape index (κ3) is 1.02. The summed E-state index contributed by atoms with van der Waals surface area (Å²) in [5, 5.41) is 18.2. The molecule has 0 saturated carbocycles. The molecule has 1 aromatic rings. The van der Waals surface area contributed by atoms with Gasteiger partial charge in [-0.2, -0.15) is 0 Å². The zero-order valence-electron chi connectivity index (χ0n) is 5.43. The van der Waals surface area contributed by atoms with E-state index in [-0.39, 0.29) is 16.5 Å². The third-order valence-electron chi connectivity index (χ3n) is 1.30. The van der Waals surface area contributed by atoms with Gasteiger partial charge in [-0.1, -0.05) is 17.7 Å². The van der Waals surface area contributed by atoms with Crippen LogP contribution in [0.3, 0.4) is 0 Å². The molecule has 0 unspecified atom stereocenters. The fraction of sp³-hybridized carbons (Fsp3) is 0.143. The van der Waals surface area contributed by atoms with E-state index in [2.05, 4.69) is 0 Å². The van der Waals surface area contributed by atoms with E-state index in [0.29, 0.717) is 5.56 Å². The lowest BCUT2D eigenvalue weighted by atomic mass is 10.2. The van der Waals surface area contributed by atoms with Crippen molar-refractivity contribution in [2.24, 2.45) is 0 Å². The molecule has 0 aliphatic heterocycles. The molecule has 0 bridgehead atoms. The Balaban J connectivity index is 3.34. The number of aromatic hydroxyl groups is 2. The summed E-state index contributed by atoms with van der Waals surface area (Å²) >= 11 is 5.48. The Labute approximate surface area is 63.7 Å². The van der Waals surface area contributed by atoms with Gasteiger partial charge in [-0.25, -0.2) is 0 Å². The smallest absolute Gasteiger partial charge is 0.176 e. The minimum absolute atomic E-state index is 0.146. The second kappa shape index (κ2) is 2.39. The molecular weight excluding hydrogens is 152 g/mol. The topological polar surface area (TPSA) is 40.5 Å². The third-order valence-corrected chi connectivity index (χ3v) is 1.61. The van der Waals surface area contributed by atoms with Crippen LogP contribution in [0.4, 0.5) is 0 Å². The Kier molecular flexibility index (Phi) is 1.72. The minimum Gasteiger partial charge on any atom is -0.504 e. The van der Waals surface area contributed by atoms with Crippen LogP contribution in [0.15, 0.2) is 12.1 Å². The molecule has 0 atom stereocenters. The summed E-state index contributed by atoms with van der Waals surface area (Å²) in [7, 11) is 0. The summed E-state index contributed by atoms with van der Waals surface area (Å²) < 4.78 is 0. The van der Waals surface area contributed by atoms with Gasteiger partial charge >= 0.3 is 0 Å². The Hall–Kier alpha value is -0.890. The van der Waals surface area contributed by atoms with Crippen LogP contribution in [0.25, 0.3) is 0 Å². The average molecular weight is 159 g/mol. The molecule has 3 heteroatoms. The van der Waals surface area contributed by atoms with Crippen molar-refractivity contribution in [2.45, 2.75) is 6.92 Å². The second-order valence-electron chi connectivity index (χ2n) is 2.06. The highest BCUT2D eigenvalue weighted by molar-refractivity contribution is 6.32. The summed E-state index contributed by atoms with van der Waals surface area (Å²) in [4.78, 5) is 0. The summed E-state index contributed by atoms with van der Waals surface area (Å²) in [6, 6.07) is 3.17. The first-order valence-electron chi connectivity index (χ1n) is 2.80. The van der Waals surface area contributed by atoms with Gasteiger partial charge in [0.25, 0.3) is 0 Å². The normalized spacial score (nSPS) is 9.80. The number of phenolic OH excluding ortho intramolecular Hbond substituents is 2. The Morgan fingerprint density at radius 3 is 2.30 bits per heavy atom. The molecule has 0 saturated heterocycles. The van der Waals surface area contributed by atoms with Gasteiger partial charge < -0.3 is 10.2 Å². The fourth-order valence-electron chi connectivity index (χ4n) is 0.656. The standard InChI is InChI=1S/C7H7ClO2/c1-4-2-3-5(8)7(10)6(4)9/h2-3,9-10H,1H3. The van der Waals surface area contributed by atoms with Crippen molar-refractivity contribution in [3.05, 3.63) is 22.7 Å². The first kappa shape index (κ1) is 7.22. The van der Waals surface area contributed by atoms with Gasteiger partial charge in [-0.05, 0) is 18.6 Å². The van der Waals surface area contributed by atoms with E-state index in [0.717, 1.165) is 0 Å². The number of hydrogen-bond donors (Lipinski definition) is 2. The molecule has 2 nitrogen and oxygen atoms in total. The van der Waals surface area contributed by atoms with Crippen LogP contribution >= 0.6 is 11.6 Å². The van der Waals surface area contributed by atoms with Gasteiger partial charge in [-0.15, -0.1) is 0 Å². The quantitative estimate of drug-likeness (QED) is 0.568. The monoisotopic (exact) mass is 158 g/mol. The van der Waals surface area contributed by atoms with Gasteiger partial charge in [0, 0.05) is 0 Å². The number of aryl methyl sites for hydroxylation is 1. The molecule has 0 aliphatic carbocycles. The van der Waals surface area contributed by atoms with Crippen LogP contribution < -0.4 is 0 Å². The molecule has 0 fully saturated rings. The van der Waals surface area contributed by atoms with Crippen molar-refractivity contribution >= 4 is 11.6 Å². The van der Waals surface area contributed by atoms with Gasteiger partial charge in [0.15, 0.2) is 11.5 Å². The molecule has 0 aromatic heterocycles. The van der Waals surface area contributed by atoms with Crippen molar-refractivity contribution in [1.29, 1.82) is 0 Å². The lowest BCUT2D eigenvalue weighted by Gasteiger charge is -2.01. The molecule has 0 aliphatic rings. The summed E-state index contributed by atoms with van der Waals surface area (Å²) in [5.74, 6) is -0.394. The van der Waals surface area contributed by atoms with Crippen LogP contribution in [-0.2, 0) is 0 Å². The van der Waals surface area contributed by atoms with E-state index in [1.165, 1.54) is 6.07 Å². The van der Waals surface area contributed by atoms with Crippen LogP contribution in [0.2, 0.25) is 5.02 Å². The van der Waals surface area contributed by atoms with Crippen molar-refractivity contribution in [3.8, 4) is 11.5 Å². The minimum atomic E-state index is -0.248. The predicted molar refractivity (Wildman–Crippen MR) is 39.5 cm³/mol. The number of halogens is 1. The van der Waals surface area contributed by atoms with E-state index in [1.54, 1.807) is 13.0 Å². The highest BCUT2D eigenvalue weighted by Gasteiger charge is 2.05. The zero-order chi connectivity index (χ0) is 7.72. The SMILES string of the molecule is Cc1ccc(Cl)c(O)c1O. The molecule has 0 heterocycles. The Morgan fingerprint density at radius 2 is 1.80 bits per heavy atom. The Morgan fingerprint density at radius 1 is 1.20 bits per heavy atom. The summed E-state index contributed by atoms with van der Waals surface area (Å²) in [5.41, 5.74) is 0.613. The van der Waals surface area contributed by atoms with Crippen LogP contribution in [-0.4, -0.2) is 10.2 Å². The van der Waals surface area contributed by atoms with E-state index in [1.807, 2.05) is 0 Å². The molecule has 10 heavy (non-hydrogen) atoms. The van der Waals surface area contributed by atoms with Gasteiger partial charge in [-0.3, -0.25) is 0 Å². The molecule has 1 rings (SSSR count). The van der Waals surface area contributed by atoms with Crippen molar-refractivity contribution in [2.75, 3.05) is 0 Å². The molecule has 2 N–H and O–H groups in total. The lowest BCUT2D eigenvalue weighted by Crippen LogP contribution is -1.75. The van der Waals surface area contributed by atoms with Gasteiger partial charge in [0.05, 0.1) is 5.02 Å². The first-order valence-corrected chi connectivity index (χ1v) is 3.17. The van der Waals surface area contributed by atoms with E-state index in [4.69, 9.17) is 21.8 Å². The highest BCUT2D eigenvalue weighted by atomic mass is 35.5. The van der Waals surface area contributed by atoms with Gasteiger partial charge in [0.2, 0.25) is 0 Å². The molecule has 0 spiro atoms. The first-order chi connectivity index (χ1) is 4.63. The lowest BCUT2D eigenvalue weighted by molar-refractivity contribution is 0.401. The second-order valence-corrected chi connectivity index (χ2v) is 2.47. The largest absolute Gasteiger partial charge is 0.504 e. The predicted octanol–water partition coefficient (Wildman–Crippen LogP) is 2.06. The van der Waals surface area contributed by atoms with Crippen LogP contribution in [0.1, 0.15) is 5.56 Å². The molecule has 0 radical (unpaired) electrons. The number of rotatable bonds is 0. The fourth-order valence-corrected chi connectivity index (χ4v) is 0.808. The maximum Gasteiger partial charge on any atom is 0.176 e. The van der Waals surface area contributed by atoms with Gasteiger partial charge in [0.1, 0.15) is 0 Å². The summed E-state index contributed by atoms with van der Waals surface area (Å²) in [6.07, 6.45) is 0. The van der Waals surface area contributed by atoms with Crippen molar-refractivity contribution in [3.63, 3.8) is 0 Å². The Bertz CT molecular complexity index is 231.